The van der Waals surface area contributed by atoms with Crippen molar-refractivity contribution >= 4 is 29.1 Å². The number of hydrogen-bond acceptors (Lipinski definition) is 5. The van der Waals surface area contributed by atoms with Crippen LogP contribution in [0.1, 0.15) is 17.3 Å². The fourth-order valence-corrected chi connectivity index (χ4v) is 2.56. The molecule has 0 aliphatic rings. The Hall–Kier alpha value is -3.00. The molecule has 28 heavy (non-hydrogen) atoms. The van der Waals surface area contributed by atoms with Crippen LogP contribution in [0.25, 0.3) is 0 Å². The van der Waals surface area contributed by atoms with Crippen LogP contribution in [0.3, 0.4) is 0 Å². The molecule has 0 bridgehead atoms. The lowest BCUT2D eigenvalue weighted by atomic mass is 10.1. The number of ether oxygens (including phenoxy) is 3. The highest BCUT2D eigenvalue weighted by Gasteiger charge is 2.21. The lowest BCUT2D eigenvalue weighted by molar-refractivity contribution is -0.117. The summed E-state index contributed by atoms with van der Waals surface area (Å²) in [5, 5.41) is 5.01. The molecule has 9 heteroatoms. The summed E-state index contributed by atoms with van der Waals surface area (Å²) in [6.45, 7) is 1.51. The Bertz CT molecular complexity index is 866. The number of anilines is 1. The Balaban J connectivity index is 2.12. The van der Waals surface area contributed by atoms with Gasteiger partial charge in [-0.15, -0.1) is 0 Å². The molecule has 0 spiro atoms. The number of hydrogen-bond donors (Lipinski definition) is 2. The smallest absolute Gasteiger partial charge is 0.252 e. The first-order valence-corrected chi connectivity index (χ1v) is 8.55. The number of carbonyl (C=O) groups excluding carboxylic acids is 2. The number of methoxy groups -OCH3 is 3. The highest BCUT2D eigenvalue weighted by atomic mass is 35.5. The summed E-state index contributed by atoms with van der Waals surface area (Å²) in [7, 11) is 4.32. The molecular weight excluding hydrogens is 391 g/mol. The highest BCUT2D eigenvalue weighted by molar-refractivity contribution is 6.31. The van der Waals surface area contributed by atoms with E-state index >= 15 is 0 Å². The molecule has 0 heterocycles. The topological polar surface area (TPSA) is 85.9 Å². The summed E-state index contributed by atoms with van der Waals surface area (Å²) in [4.78, 5) is 24.8. The fourth-order valence-electron chi connectivity index (χ4n) is 2.38. The Kier molecular flexibility index (Phi) is 7.06. The lowest BCUT2D eigenvalue weighted by Gasteiger charge is -2.17. The Morgan fingerprint density at radius 2 is 1.64 bits per heavy atom. The first-order chi connectivity index (χ1) is 13.3. The third-order valence-electron chi connectivity index (χ3n) is 3.85. The summed E-state index contributed by atoms with van der Waals surface area (Å²) in [5.74, 6) is -0.637. The van der Waals surface area contributed by atoms with Crippen LogP contribution in [-0.2, 0) is 4.79 Å². The SMILES string of the molecule is COc1cc(C(=O)N[C@@H](C)C(=O)Nc2ccc(F)c(Cl)c2)cc(OC)c1OC. The van der Waals surface area contributed by atoms with E-state index in [1.165, 1.54) is 52.5 Å². The van der Waals surface area contributed by atoms with E-state index in [0.717, 1.165) is 6.07 Å². The van der Waals surface area contributed by atoms with E-state index in [1.54, 1.807) is 0 Å². The van der Waals surface area contributed by atoms with Crippen LogP contribution in [-0.4, -0.2) is 39.2 Å². The van der Waals surface area contributed by atoms with Crippen LogP contribution in [0.4, 0.5) is 10.1 Å². The van der Waals surface area contributed by atoms with Crippen LogP contribution < -0.4 is 24.8 Å². The minimum absolute atomic E-state index is 0.119. The molecule has 0 saturated heterocycles. The van der Waals surface area contributed by atoms with Crippen molar-refractivity contribution in [2.24, 2.45) is 0 Å². The van der Waals surface area contributed by atoms with Gasteiger partial charge in [0.1, 0.15) is 11.9 Å². The van der Waals surface area contributed by atoms with E-state index in [-0.39, 0.29) is 10.6 Å². The summed E-state index contributed by atoms with van der Waals surface area (Å²) in [6.07, 6.45) is 0. The summed E-state index contributed by atoms with van der Waals surface area (Å²) >= 11 is 5.69. The predicted molar refractivity (Wildman–Crippen MR) is 103 cm³/mol. The van der Waals surface area contributed by atoms with Gasteiger partial charge >= 0.3 is 0 Å². The number of benzene rings is 2. The molecule has 7 nitrogen and oxygen atoms in total. The van der Waals surface area contributed by atoms with Crippen molar-refractivity contribution in [1.82, 2.24) is 5.32 Å². The van der Waals surface area contributed by atoms with E-state index in [2.05, 4.69) is 10.6 Å². The van der Waals surface area contributed by atoms with Gasteiger partial charge in [0.15, 0.2) is 11.5 Å². The van der Waals surface area contributed by atoms with Gasteiger partial charge in [-0.1, -0.05) is 11.6 Å². The summed E-state index contributed by atoms with van der Waals surface area (Å²) in [5.41, 5.74) is 0.532. The molecule has 2 aromatic carbocycles. The number of halogens is 2. The molecule has 0 unspecified atom stereocenters. The maximum absolute atomic E-state index is 13.2. The van der Waals surface area contributed by atoms with E-state index in [0.29, 0.717) is 22.9 Å². The molecule has 2 aromatic rings. The van der Waals surface area contributed by atoms with Gasteiger partial charge in [-0.2, -0.15) is 0 Å². The van der Waals surface area contributed by atoms with Crippen LogP contribution in [0.2, 0.25) is 5.02 Å². The summed E-state index contributed by atoms with van der Waals surface area (Å²) < 4.78 is 28.8. The highest BCUT2D eigenvalue weighted by Crippen LogP contribution is 2.38. The Morgan fingerprint density at radius 1 is 1.04 bits per heavy atom. The summed E-state index contributed by atoms with van der Waals surface area (Å²) in [6, 6.07) is 5.85. The van der Waals surface area contributed by atoms with Crippen molar-refractivity contribution in [3.63, 3.8) is 0 Å². The van der Waals surface area contributed by atoms with Crippen LogP contribution in [0.15, 0.2) is 30.3 Å². The normalized spacial score (nSPS) is 11.4. The van der Waals surface area contributed by atoms with Gasteiger partial charge in [-0.25, -0.2) is 4.39 Å². The van der Waals surface area contributed by atoms with Gasteiger partial charge in [0, 0.05) is 11.3 Å². The van der Waals surface area contributed by atoms with E-state index < -0.39 is 23.7 Å². The maximum atomic E-state index is 13.2. The maximum Gasteiger partial charge on any atom is 0.252 e. The van der Waals surface area contributed by atoms with Gasteiger partial charge in [-0.05, 0) is 37.3 Å². The molecule has 0 radical (unpaired) electrons. The Morgan fingerprint density at radius 3 is 2.14 bits per heavy atom. The van der Waals surface area contributed by atoms with Gasteiger partial charge in [0.2, 0.25) is 11.7 Å². The second-order valence-corrected chi connectivity index (χ2v) is 6.13. The Labute approximate surface area is 166 Å². The molecule has 0 fully saturated rings. The van der Waals surface area contributed by atoms with E-state index in [1.807, 2.05) is 0 Å². The second kappa shape index (κ2) is 9.27. The number of rotatable bonds is 7. The first-order valence-electron chi connectivity index (χ1n) is 8.17. The molecule has 2 amide bonds. The van der Waals surface area contributed by atoms with E-state index in [9.17, 15) is 14.0 Å². The zero-order valence-corrected chi connectivity index (χ0v) is 16.5. The minimum atomic E-state index is -0.879. The van der Waals surface area contributed by atoms with Gasteiger partial charge in [0.05, 0.1) is 26.4 Å². The molecule has 2 rings (SSSR count). The van der Waals surface area contributed by atoms with Crippen LogP contribution in [0.5, 0.6) is 17.2 Å². The van der Waals surface area contributed by atoms with Crippen LogP contribution in [0, 0.1) is 5.82 Å². The van der Waals surface area contributed by atoms with Crippen LogP contribution >= 0.6 is 11.6 Å². The van der Waals surface area contributed by atoms with Crippen molar-refractivity contribution in [1.29, 1.82) is 0 Å². The number of carbonyl (C=O) groups is 2. The van der Waals surface area contributed by atoms with Crippen molar-refractivity contribution in [2.45, 2.75) is 13.0 Å². The van der Waals surface area contributed by atoms with Crippen molar-refractivity contribution in [3.05, 3.63) is 46.7 Å². The zero-order chi connectivity index (χ0) is 20.8. The lowest BCUT2D eigenvalue weighted by Crippen LogP contribution is -2.41. The molecule has 0 saturated carbocycles. The number of amides is 2. The van der Waals surface area contributed by atoms with Crippen molar-refractivity contribution in [2.75, 3.05) is 26.6 Å². The average molecular weight is 411 g/mol. The van der Waals surface area contributed by atoms with Gasteiger partial charge in [0.25, 0.3) is 5.91 Å². The quantitative estimate of drug-likeness (QED) is 0.731. The van der Waals surface area contributed by atoms with Crippen molar-refractivity contribution < 1.29 is 28.2 Å². The molecule has 0 aromatic heterocycles. The minimum Gasteiger partial charge on any atom is -0.493 e. The van der Waals surface area contributed by atoms with Gasteiger partial charge < -0.3 is 24.8 Å². The molecule has 0 aliphatic carbocycles. The third-order valence-corrected chi connectivity index (χ3v) is 4.14. The van der Waals surface area contributed by atoms with Crippen molar-refractivity contribution in [3.8, 4) is 17.2 Å². The fraction of sp³-hybridized carbons (Fsp3) is 0.263. The monoisotopic (exact) mass is 410 g/mol. The molecule has 1 atom stereocenters. The first kappa shape index (κ1) is 21.3. The second-order valence-electron chi connectivity index (χ2n) is 5.73. The van der Waals surface area contributed by atoms with E-state index in [4.69, 9.17) is 25.8 Å². The third kappa shape index (κ3) is 4.83. The number of nitrogens with one attached hydrogen (secondary N) is 2. The molecule has 2 N–H and O–H groups in total. The largest absolute Gasteiger partial charge is 0.493 e. The standard InChI is InChI=1S/C19H20ClFN2O5/c1-10(18(24)23-12-5-6-14(21)13(20)9-12)22-19(25)11-7-15(26-2)17(28-4)16(8-11)27-3/h5-10H,1-4H3,(H,22,25)(H,23,24)/t10-/m0/s1. The molecule has 0 aliphatic heterocycles. The molecule has 150 valence electrons. The zero-order valence-electron chi connectivity index (χ0n) is 15.8. The average Bonchev–Trinajstić information content (AvgIpc) is 2.69. The predicted octanol–water partition coefficient (Wildman–Crippen LogP) is 3.26. The van der Waals surface area contributed by atoms with Gasteiger partial charge in [-0.3, -0.25) is 9.59 Å². The molecular formula is C19H20ClFN2O5.